The Morgan fingerprint density at radius 2 is 1.26 bits per heavy atom. The van der Waals surface area contributed by atoms with Crippen molar-refractivity contribution in [3.05, 3.63) is 119 Å². The Kier molecular flexibility index (Phi) is 4.94. The van der Waals surface area contributed by atoms with E-state index < -0.39 is 10.1 Å². The van der Waals surface area contributed by atoms with Crippen molar-refractivity contribution in [1.82, 2.24) is 19.9 Å². The third-order valence-corrected chi connectivity index (χ3v) is 7.54. The molecule has 0 amide bonds. The van der Waals surface area contributed by atoms with Gasteiger partial charge in [-0.1, -0.05) is 42.5 Å². The maximum Gasteiger partial charge on any atom is 0.297 e. The van der Waals surface area contributed by atoms with E-state index in [1.807, 2.05) is 84.9 Å². The summed E-state index contributed by atoms with van der Waals surface area (Å²) in [5, 5.41) is 1.80. The topological polar surface area (TPSA) is 112 Å². The zero-order valence-electron chi connectivity index (χ0n) is 19.9. The molecule has 0 fully saturated rings. The molecule has 0 atom stereocenters. The summed E-state index contributed by atoms with van der Waals surface area (Å²) in [7, 11) is -4.66. The van der Waals surface area contributed by atoms with E-state index in [1.165, 1.54) is 0 Å². The van der Waals surface area contributed by atoms with Crippen molar-refractivity contribution < 1.29 is 13.0 Å². The lowest BCUT2D eigenvalue weighted by Gasteiger charge is -2.10. The summed E-state index contributed by atoms with van der Waals surface area (Å²) >= 11 is 0. The highest BCUT2D eigenvalue weighted by molar-refractivity contribution is 7.95. The number of fused-ring (bicyclic) bond motifs is 9. The molecule has 8 bridgehead atoms. The summed E-state index contributed by atoms with van der Waals surface area (Å²) in [4.78, 5) is 15.8. The molecule has 2 aliphatic rings. The average Bonchev–Trinajstić information content (AvgIpc) is 3.68. The van der Waals surface area contributed by atoms with Crippen LogP contribution >= 0.6 is 0 Å². The quantitative estimate of drug-likeness (QED) is 0.229. The second-order valence-corrected chi connectivity index (χ2v) is 10.6. The highest BCUT2D eigenvalue weighted by Crippen LogP contribution is 2.40. The maximum absolute atomic E-state index is 12.9. The van der Waals surface area contributed by atoms with Gasteiger partial charge in [0, 0.05) is 27.6 Å². The number of nitrogens with one attached hydrogen (secondary N) is 2. The predicted octanol–water partition coefficient (Wildman–Crippen LogP) is 6.44. The Bertz CT molecular complexity index is 2110. The minimum absolute atomic E-state index is 0.124. The zero-order chi connectivity index (χ0) is 25.9. The fourth-order valence-corrected chi connectivity index (χ4v) is 5.85. The van der Waals surface area contributed by atoms with Crippen LogP contribution in [0, 0.1) is 0 Å². The van der Waals surface area contributed by atoms with Gasteiger partial charge >= 0.3 is 0 Å². The van der Waals surface area contributed by atoms with Crippen LogP contribution in [-0.4, -0.2) is 32.9 Å². The van der Waals surface area contributed by atoms with E-state index in [9.17, 15) is 13.0 Å². The molecule has 7 rings (SSSR count). The first-order valence-electron chi connectivity index (χ1n) is 12.0. The van der Waals surface area contributed by atoms with Crippen molar-refractivity contribution in [3.8, 4) is 0 Å². The Morgan fingerprint density at radius 3 is 2.00 bits per heavy atom. The van der Waals surface area contributed by atoms with E-state index in [0.29, 0.717) is 28.2 Å². The van der Waals surface area contributed by atoms with E-state index >= 15 is 0 Å². The van der Waals surface area contributed by atoms with Gasteiger partial charge in [0.05, 0.1) is 22.8 Å². The number of rotatable bonds is 2. The molecule has 0 saturated carbocycles. The van der Waals surface area contributed by atoms with Crippen LogP contribution in [-0.2, 0) is 10.1 Å². The molecule has 0 spiro atoms. The zero-order valence-corrected chi connectivity index (χ0v) is 20.7. The highest BCUT2D eigenvalue weighted by Gasteiger charge is 2.31. The second-order valence-electron chi connectivity index (χ2n) is 9.20. The van der Waals surface area contributed by atoms with Gasteiger partial charge in [0.2, 0.25) is 0 Å². The van der Waals surface area contributed by atoms with Gasteiger partial charge < -0.3 is 9.97 Å². The Hall–Kier alpha value is -4.79. The molecule has 38 heavy (non-hydrogen) atoms. The van der Waals surface area contributed by atoms with Gasteiger partial charge in [-0.05, 0) is 77.0 Å². The van der Waals surface area contributed by atoms with Crippen LogP contribution in [0.3, 0.4) is 0 Å². The van der Waals surface area contributed by atoms with Gasteiger partial charge in [0.25, 0.3) is 10.1 Å². The van der Waals surface area contributed by atoms with Crippen LogP contribution < -0.4 is 0 Å². The van der Waals surface area contributed by atoms with Crippen molar-refractivity contribution in [2.75, 3.05) is 0 Å². The molecule has 5 aromatic rings. The van der Waals surface area contributed by atoms with Crippen molar-refractivity contribution in [2.45, 2.75) is 0 Å². The molecular weight excluding hydrogens is 496 g/mol. The summed E-state index contributed by atoms with van der Waals surface area (Å²) in [6, 6.07) is 28.5. The molecule has 184 valence electrons. The monoisotopic (exact) mass is 516 g/mol. The van der Waals surface area contributed by atoms with Crippen molar-refractivity contribution in [1.29, 1.82) is 0 Å². The van der Waals surface area contributed by atoms with Crippen LogP contribution in [0.2, 0.25) is 0 Å². The van der Waals surface area contributed by atoms with E-state index in [4.69, 9.17) is 4.98 Å². The summed E-state index contributed by atoms with van der Waals surface area (Å²) in [6.45, 7) is 0. The number of hydrogen-bond acceptors (Lipinski definition) is 4. The normalized spacial score (nSPS) is 13.4. The number of H-pyrrole nitrogens is 2. The fourth-order valence-electron chi connectivity index (χ4n) is 5.01. The third kappa shape index (κ3) is 3.92. The van der Waals surface area contributed by atoms with Gasteiger partial charge in [0.1, 0.15) is 4.91 Å². The summed E-state index contributed by atoms with van der Waals surface area (Å²) in [6.07, 6.45) is 3.64. The van der Waals surface area contributed by atoms with E-state index in [2.05, 4.69) is 15.0 Å². The molecular formula is C30H20N4O3S. The van der Waals surface area contributed by atoms with Crippen molar-refractivity contribution in [3.63, 3.8) is 0 Å². The van der Waals surface area contributed by atoms with E-state index in [0.717, 1.165) is 32.8 Å². The molecule has 0 aliphatic carbocycles. The van der Waals surface area contributed by atoms with Gasteiger partial charge in [0.15, 0.2) is 0 Å². The molecule has 2 aromatic carbocycles. The van der Waals surface area contributed by atoms with Crippen LogP contribution in [0.5, 0.6) is 0 Å². The van der Waals surface area contributed by atoms with Gasteiger partial charge in [-0.15, -0.1) is 0 Å². The number of benzene rings is 2. The Balaban J connectivity index is 1.63. The van der Waals surface area contributed by atoms with Gasteiger partial charge in [-0.3, -0.25) is 4.55 Å². The van der Waals surface area contributed by atoms with E-state index in [-0.39, 0.29) is 10.6 Å². The lowest BCUT2D eigenvalue weighted by molar-refractivity contribution is 0.496. The number of aromatic amines is 2. The minimum atomic E-state index is -4.66. The SMILES string of the molecule is O=S(=O)(O)C1=C(c2cccc3ccccc23)c2cc3ccc(cc4ccc(cc5nc(cc1n2)C=C5)[nH]4)[nH]3. The average molecular weight is 517 g/mol. The number of aromatic nitrogens is 4. The fraction of sp³-hybridized carbons (Fsp3) is 0. The molecule has 3 aromatic heterocycles. The van der Waals surface area contributed by atoms with Crippen LogP contribution in [0.4, 0.5) is 0 Å². The largest absolute Gasteiger partial charge is 0.355 e. The molecule has 0 unspecified atom stereocenters. The number of hydrogen-bond donors (Lipinski definition) is 3. The van der Waals surface area contributed by atoms with Gasteiger partial charge in [-0.2, -0.15) is 8.42 Å². The first-order chi connectivity index (χ1) is 18.4. The first kappa shape index (κ1) is 22.4. The highest BCUT2D eigenvalue weighted by atomic mass is 32.2. The van der Waals surface area contributed by atoms with Gasteiger partial charge in [-0.25, -0.2) is 9.97 Å². The Morgan fingerprint density at radius 1 is 0.632 bits per heavy atom. The predicted molar refractivity (Wildman–Crippen MR) is 151 cm³/mol. The van der Waals surface area contributed by atoms with Crippen molar-refractivity contribution >= 4 is 65.6 Å². The second kappa shape index (κ2) is 8.37. The molecule has 0 radical (unpaired) electrons. The Labute approximate surface area is 217 Å². The molecule has 7 nitrogen and oxygen atoms in total. The lowest BCUT2D eigenvalue weighted by Crippen LogP contribution is -2.02. The molecule has 5 heterocycles. The van der Waals surface area contributed by atoms with Crippen molar-refractivity contribution in [2.24, 2.45) is 0 Å². The number of nitrogens with zero attached hydrogens (tertiary/aromatic N) is 2. The molecule has 3 N–H and O–H groups in total. The van der Waals surface area contributed by atoms with Crippen LogP contribution in [0.25, 0.3) is 55.5 Å². The summed E-state index contributed by atoms with van der Waals surface area (Å²) in [5.74, 6) is 0. The maximum atomic E-state index is 12.9. The summed E-state index contributed by atoms with van der Waals surface area (Å²) in [5.41, 5.74) is 6.20. The third-order valence-electron chi connectivity index (χ3n) is 6.61. The molecule has 0 saturated heterocycles. The molecule has 2 aliphatic heterocycles. The molecule has 8 heteroatoms. The van der Waals surface area contributed by atoms with E-state index in [1.54, 1.807) is 18.2 Å². The standard InChI is InChI=1S/C30H20N4O3S/c35-38(36,37)30-28-17-24-13-11-22(33-24)15-20-9-8-19(31-20)14-21-10-12-23(32-21)16-27(34-28)29(30)26-7-3-5-18-4-1-2-6-25(18)26/h1-17,31-32H,(H,35,36,37). The van der Waals surface area contributed by atoms with Crippen LogP contribution in [0.15, 0.2) is 91.0 Å². The smallest absolute Gasteiger partial charge is 0.297 e. The first-order valence-corrected chi connectivity index (χ1v) is 13.4. The minimum Gasteiger partial charge on any atom is -0.355 e. The summed E-state index contributed by atoms with van der Waals surface area (Å²) < 4.78 is 36.3. The lowest BCUT2D eigenvalue weighted by atomic mass is 9.96. The van der Waals surface area contributed by atoms with Crippen LogP contribution in [0.1, 0.15) is 28.3 Å².